The Bertz CT molecular complexity index is 41.4. The zero-order valence-electron chi connectivity index (χ0n) is 3.92. The molecule has 0 atom stereocenters. The van der Waals surface area contributed by atoms with E-state index in [1.807, 2.05) is 0 Å². The minimum absolute atomic E-state index is 0. The molecule has 0 aromatic heterocycles. The van der Waals surface area contributed by atoms with Crippen LogP contribution in [-0.4, -0.2) is 16.4 Å². The highest BCUT2D eigenvalue weighted by molar-refractivity contribution is 5.53. The quantitative estimate of drug-likeness (QED) is 0.405. The van der Waals surface area contributed by atoms with E-state index in [9.17, 15) is 0 Å². The van der Waals surface area contributed by atoms with Gasteiger partial charge in [-0.3, -0.25) is 0 Å². The Balaban J connectivity index is -0.0000000480. The van der Waals surface area contributed by atoms with Crippen LogP contribution >= 0.6 is 0 Å². The van der Waals surface area contributed by atoms with E-state index in [4.69, 9.17) is 15.0 Å². The van der Waals surface area contributed by atoms with Crippen LogP contribution in [-0.2, 0) is 0 Å². The molecule has 4 heteroatoms. The maximum absolute atomic E-state index is 8.56. The van der Waals surface area contributed by atoms with Gasteiger partial charge in [-0.2, -0.15) is 0 Å². The van der Waals surface area contributed by atoms with Gasteiger partial charge in [-0.05, 0) is 0 Å². The normalized spacial score (nSPS) is 4.00. The topological polar surface area (TPSA) is 92.5 Å². The lowest BCUT2D eigenvalue weighted by molar-refractivity contribution is 0.137. The molecule has 0 saturated carbocycles. The molecule has 0 aliphatic carbocycles. The summed E-state index contributed by atoms with van der Waals surface area (Å²) in [4.78, 5) is 8.56. The second kappa shape index (κ2) is 20.2. The average molecular weight is 107 g/mol. The van der Waals surface area contributed by atoms with E-state index in [1.165, 1.54) is 0 Å². The SMILES string of the molecule is C=C.N.O=C(O)O. The Kier molecular flexibility index (Phi) is 48.2. The third kappa shape index (κ3) is 41.3. The van der Waals surface area contributed by atoms with Crippen LogP contribution in [0.2, 0.25) is 0 Å². The lowest BCUT2D eigenvalue weighted by Crippen LogP contribution is -1.81. The lowest BCUT2D eigenvalue weighted by Gasteiger charge is -1.60. The van der Waals surface area contributed by atoms with Gasteiger partial charge in [0.05, 0.1) is 0 Å². The molecule has 0 aliphatic heterocycles. The summed E-state index contributed by atoms with van der Waals surface area (Å²) in [6.45, 7) is 6.00. The molecule has 0 aliphatic rings. The molecule has 4 nitrogen and oxygen atoms in total. The molecule has 0 bridgehead atoms. The van der Waals surface area contributed by atoms with Crippen LogP contribution < -0.4 is 6.15 Å². The van der Waals surface area contributed by atoms with E-state index in [0.29, 0.717) is 0 Å². The number of rotatable bonds is 0. The highest BCUT2D eigenvalue weighted by Crippen LogP contribution is 1.42. The molecule has 0 aromatic carbocycles. The van der Waals surface area contributed by atoms with Crippen LogP contribution in [0.1, 0.15) is 0 Å². The summed E-state index contributed by atoms with van der Waals surface area (Å²) in [7, 11) is 0. The minimum atomic E-state index is -1.83. The summed E-state index contributed by atoms with van der Waals surface area (Å²) in [5.41, 5.74) is 0. The van der Waals surface area contributed by atoms with Crippen molar-refractivity contribution in [2.75, 3.05) is 0 Å². The molecule has 7 heavy (non-hydrogen) atoms. The first-order chi connectivity index (χ1) is 2.73. The first-order valence-electron chi connectivity index (χ1n) is 1.15. The zero-order valence-corrected chi connectivity index (χ0v) is 3.92. The average Bonchev–Trinajstić information content (AvgIpc) is 1.41. The van der Waals surface area contributed by atoms with Crippen molar-refractivity contribution < 1.29 is 15.0 Å². The van der Waals surface area contributed by atoms with Gasteiger partial charge in [0.25, 0.3) is 0 Å². The van der Waals surface area contributed by atoms with Crippen molar-refractivity contribution in [2.24, 2.45) is 0 Å². The summed E-state index contributed by atoms with van der Waals surface area (Å²) in [6, 6.07) is 0. The molecular weight excluding hydrogens is 98.0 g/mol. The number of hydrogen-bond donors (Lipinski definition) is 3. The fraction of sp³-hybridized carbons (Fsp3) is 0. The smallest absolute Gasteiger partial charge is 0.450 e. The minimum Gasteiger partial charge on any atom is -0.450 e. The van der Waals surface area contributed by atoms with Crippen LogP contribution in [0.15, 0.2) is 13.2 Å². The highest BCUT2D eigenvalue weighted by atomic mass is 16.6. The molecule has 0 amide bonds. The summed E-state index contributed by atoms with van der Waals surface area (Å²) < 4.78 is 0. The number of hydrogen-bond acceptors (Lipinski definition) is 2. The van der Waals surface area contributed by atoms with Crippen molar-refractivity contribution in [3.05, 3.63) is 13.2 Å². The molecule has 0 rings (SSSR count). The number of carboxylic acid groups (broad SMARTS) is 2. The van der Waals surface area contributed by atoms with E-state index >= 15 is 0 Å². The zero-order chi connectivity index (χ0) is 5.58. The van der Waals surface area contributed by atoms with E-state index in [1.54, 1.807) is 0 Å². The van der Waals surface area contributed by atoms with Crippen molar-refractivity contribution in [1.29, 1.82) is 0 Å². The van der Waals surface area contributed by atoms with E-state index in [0.717, 1.165) is 0 Å². The molecule has 44 valence electrons. The Morgan fingerprint density at radius 2 is 1.29 bits per heavy atom. The maximum Gasteiger partial charge on any atom is 0.503 e. The lowest BCUT2D eigenvalue weighted by atomic mass is 11.3. The van der Waals surface area contributed by atoms with Gasteiger partial charge in [-0.15, -0.1) is 13.2 Å². The molecular formula is C3H9NO3. The molecule has 0 unspecified atom stereocenters. The van der Waals surface area contributed by atoms with Gasteiger partial charge >= 0.3 is 6.16 Å². The van der Waals surface area contributed by atoms with E-state index in [-0.39, 0.29) is 6.15 Å². The molecule has 5 N–H and O–H groups in total. The third-order valence-corrected chi connectivity index (χ3v) is 0. The van der Waals surface area contributed by atoms with Gasteiger partial charge < -0.3 is 16.4 Å². The second-order valence-electron chi connectivity index (χ2n) is 0.283. The van der Waals surface area contributed by atoms with Crippen LogP contribution in [0.5, 0.6) is 0 Å². The first kappa shape index (κ1) is 16.7. The van der Waals surface area contributed by atoms with Crippen molar-refractivity contribution in [3.8, 4) is 0 Å². The molecule has 0 saturated heterocycles. The molecule has 0 radical (unpaired) electrons. The van der Waals surface area contributed by atoms with E-state index in [2.05, 4.69) is 13.2 Å². The Hall–Kier alpha value is -1.03. The summed E-state index contributed by atoms with van der Waals surface area (Å²) in [6.07, 6.45) is -1.83. The summed E-state index contributed by atoms with van der Waals surface area (Å²) in [5, 5.41) is 13.9. The Morgan fingerprint density at radius 1 is 1.29 bits per heavy atom. The summed E-state index contributed by atoms with van der Waals surface area (Å²) in [5.74, 6) is 0. The largest absolute Gasteiger partial charge is 0.503 e. The van der Waals surface area contributed by atoms with Crippen molar-refractivity contribution in [2.45, 2.75) is 0 Å². The van der Waals surface area contributed by atoms with Crippen molar-refractivity contribution >= 4 is 6.16 Å². The Morgan fingerprint density at radius 3 is 1.29 bits per heavy atom. The first-order valence-corrected chi connectivity index (χ1v) is 1.15. The van der Waals surface area contributed by atoms with Crippen LogP contribution in [0.25, 0.3) is 0 Å². The van der Waals surface area contributed by atoms with Gasteiger partial charge in [0.1, 0.15) is 0 Å². The van der Waals surface area contributed by atoms with Gasteiger partial charge in [-0.1, -0.05) is 0 Å². The fourth-order valence-electron chi connectivity index (χ4n) is 0. The van der Waals surface area contributed by atoms with Gasteiger partial charge in [0.2, 0.25) is 0 Å². The van der Waals surface area contributed by atoms with Crippen molar-refractivity contribution in [3.63, 3.8) is 0 Å². The van der Waals surface area contributed by atoms with E-state index < -0.39 is 6.16 Å². The molecule has 0 aromatic rings. The van der Waals surface area contributed by atoms with Gasteiger partial charge in [0.15, 0.2) is 0 Å². The molecule has 0 fully saturated rings. The summed E-state index contributed by atoms with van der Waals surface area (Å²) >= 11 is 0. The van der Waals surface area contributed by atoms with Gasteiger partial charge in [-0.25, -0.2) is 4.79 Å². The molecule has 0 heterocycles. The monoisotopic (exact) mass is 107 g/mol. The van der Waals surface area contributed by atoms with Crippen molar-refractivity contribution in [1.82, 2.24) is 6.15 Å². The standard InChI is InChI=1S/C2H4.CH2O3.H3N/c1-2;2-1(3)4;/h1-2H2;(H2,2,3,4);1H3. The maximum atomic E-state index is 8.56. The second-order valence-corrected chi connectivity index (χ2v) is 0.283. The van der Waals surface area contributed by atoms with Gasteiger partial charge in [0, 0.05) is 0 Å². The Labute approximate surface area is 41.7 Å². The fourth-order valence-corrected chi connectivity index (χ4v) is 0. The predicted molar refractivity (Wildman–Crippen MR) is 26.9 cm³/mol. The van der Waals surface area contributed by atoms with Crippen LogP contribution in [0, 0.1) is 0 Å². The third-order valence-electron chi connectivity index (χ3n) is 0. The van der Waals surface area contributed by atoms with Crippen LogP contribution in [0.3, 0.4) is 0 Å². The van der Waals surface area contributed by atoms with Crippen LogP contribution in [0.4, 0.5) is 4.79 Å². The predicted octanol–water partition coefficient (Wildman–Crippen LogP) is 1.19. The molecule has 0 spiro atoms. The number of carbonyl (C=O) groups is 1. The highest BCUT2D eigenvalue weighted by Gasteiger charge is 1.70.